The van der Waals surface area contributed by atoms with Gasteiger partial charge in [-0.1, -0.05) is 20.3 Å². The molecule has 1 heterocycles. The summed E-state index contributed by atoms with van der Waals surface area (Å²) in [5.41, 5.74) is 0.204. The van der Waals surface area contributed by atoms with Crippen LogP contribution in [0.15, 0.2) is 6.33 Å². The van der Waals surface area contributed by atoms with Crippen molar-refractivity contribution < 1.29 is 10.2 Å². The molecule has 6 nitrogen and oxygen atoms in total. The van der Waals surface area contributed by atoms with Crippen LogP contribution in [0.3, 0.4) is 0 Å². The van der Waals surface area contributed by atoms with E-state index in [4.69, 9.17) is 0 Å². The van der Waals surface area contributed by atoms with Crippen molar-refractivity contribution in [2.24, 2.45) is 0 Å². The number of aromatic nitrogens is 2. The summed E-state index contributed by atoms with van der Waals surface area (Å²) in [6.07, 6.45) is 4.32. The predicted molar refractivity (Wildman–Crippen MR) is 81.0 cm³/mol. The molecule has 6 heteroatoms. The average Bonchev–Trinajstić information content (AvgIpc) is 2.47. The first kappa shape index (κ1) is 16.7. The highest BCUT2D eigenvalue weighted by Gasteiger charge is 2.24. The molecule has 0 aliphatic heterocycles. The Morgan fingerprint density at radius 2 is 1.75 bits per heavy atom. The maximum absolute atomic E-state index is 9.40. The van der Waals surface area contributed by atoms with Gasteiger partial charge >= 0.3 is 0 Å². The Hall–Kier alpha value is -1.40. The lowest BCUT2D eigenvalue weighted by molar-refractivity contribution is 0.147. The Bertz CT molecular complexity index is 408. The van der Waals surface area contributed by atoms with Gasteiger partial charge in [0, 0.05) is 12.1 Å². The van der Waals surface area contributed by atoms with Gasteiger partial charge in [-0.2, -0.15) is 0 Å². The molecule has 114 valence electrons. The first-order chi connectivity index (χ1) is 9.60. The maximum Gasteiger partial charge on any atom is 0.135 e. The Morgan fingerprint density at radius 1 is 1.10 bits per heavy atom. The highest BCUT2D eigenvalue weighted by molar-refractivity contribution is 5.58. The minimum atomic E-state index is -0.793. The fourth-order valence-electron chi connectivity index (χ4n) is 1.82. The molecule has 0 unspecified atom stereocenters. The van der Waals surface area contributed by atoms with E-state index in [-0.39, 0.29) is 13.2 Å². The molecule has 0 fully saturated rings. The van der Waals surface area contributed by atoms with Crippen molar-refractivity contribution >= 4 is 11.6 Å². The summed E-state index contributed by atoms with van der Waals surface area (Å²) in [5, 5.41) is 25.2. The fourth-order valence-corrected chi connectivity index (χ4v) is 1.82. The first-order valence-corrected chi connectivity index (χ1v) is 7.17. The van der Waals surface area contributed by atoms with Crippen LogP contribution in [0.4, 0.5) is 11.6 Å². The van der Waals surface area contributed by atoms with Crippen molar-refractivity contribution in [3.8, 4) is 0 Å². The lowest BCUT2D eigenvalue weighted by Crippen LogP contribution is -2.43. The number of hydrogen-bond donors (Lipinski definition) is 4. The zero-order chi connectivity index (χ0) is 15.0. The van der Waals surface area contributed by atoms with Gasteiger partial charge in [0.1, 0.15) is 18.0 Å². The molecule has 0 saturated heterocycles. The lowest BCUT2D eigenvalue weighted by Gasteiger charge is -2.28. The monoisotopic (exact) mass is 282 g/mol. The van der Waals surface area contributed by atoms with Gasteiger partial charge in [-0.3, -0.25) is 0 Å². The molecule has 1 rings (SSSR count). The summed E-state index contributed by atoms with van der Waals surface area (Å²) in [7, 11) is 0. The van der Waals surface area contributed by atoms with Crippen LogP contribution in [0.5, 0.6) is 0 Å². The second kappa shape index (κ2) is 8.01. The Labute approximate surface area is 120 Å². The standard InChI is InChI=1S/C14H26N4O2/c1-4-6-11-12(15-7-5-2)16-10-17-13(11)18-14(3,8-19)9-20/h10,19-20H,4-9H2,1-3H3,(H2,15,16,17,18). The van der Waals surface area contributed by atoms with Crippen LogP contribution in [0.1, 0.15) is 39.2 Å². The van der Waals surface area contributed by atoms with Crippen molar-refractivity contribution in [1.29, 1.82) is 0 Å². The zero-order valence-corrected chi connectivity index (χ0v) is 12.6. The molecule has 1 aromatic heterocycles. The predicted octanol–water partition coefficient (Wildman–Crippen LogP) is 1.41. The van der Waals surface area contributed by atoms with Crippen molar-refractivity contribution in [3.05, 3.63) is 11.9 Å². The molecule has 0 bridgehead atoms. The number of aliphatic hydroxyl groups is 2. The SMILES string of the molecule is CCCNc1ncnc(NC(C)(CO)CO)c1CCC. The van der Waals surface area contributed by atoms with Gasteiger partial charge in [0.25, 0.3) is 0 Å². The Balaban J connectivity index is 3.04. The number of hydrogen-bond acceptors (Lipinski definition) is 6. The van der Waals surface area contributed by atoms with Gasteiger partial charge in [-0.05, 0) is 19.8 Å². The molecule has 0 spiro atoms. The second-order valence-corrected chi connectivity index (χ2v) is 5.23. The number of aliphatic hydroxyl groups excluding tert-OH is 2. The summed E-state index contributed by atoms with van der Waals surface area (Å²) < 4.78 is 0. The van der Waals surface area contributed by atoms with E-state index in [1.807, 2.05) is 0 Å². The average molecular weight is 282 g/mol. The quantitative estimate of drug-likeness (QED) is 0.547. The normalized spacial score (nSPS) is 11.4. The molecule has 4 N–H and O–H groups in total. The van der Waals surface area contributed by atoms with Gasteiger partial charge in [0.2, 0.25) is 0 Å². The van der Waals surface area contributed by atoms with Gasteiger partial charge in [0.15, 0.2) is 0 Å². The smallest absolute Gasteiger partial charge is 0.135 e. The summed E-state index contributed by atoms with van der Waals surface area (Å²) in [6, 6.07) is 0. The molecular formula is C14H26N4O2. The van der Waals surface area contributed by atoms with Crippen LogP contribution in [0.25, 0.3) is 0 Å². The van der Waals surface area contributed by atoms with Crippen LogP contribution >= 0.6 is 0 Å². The van der Waals surface area contributed by atoms with E-state index in [0.717, 1.165) is 37.2 Å². The minimum Gasteiger partial charge on any atom is -0.394 e. The third-order valence-electron chi connectivity index (χ3n) is 3.11. The maximum atomic E-state index is 9.40. The molecule has 0 amide bonds. The molecule has 0 aliphatic carbocycles. The first-order valence-electron chi connectivity index (χ1n) is 7.17. The third-order valence-corrected chi connectivity index (χ3v) is 3.11. The number of nitrogens with one attached hydrogen (secondary N) is 2. The number of rotatable bonds is 9. The van der Waals surface area contributed by atoms with Crippen molar-refractivity contribution in [3.63, 3.8) is 0 Å². The van der Waals surface area contributed by atoms with Crippen molar-refractivity contribution in [2.45, 2.75) is 45.6 Å². The van der Waals surface area contributed by atoms with E-state index >= 15 is 0 Å². The van der Waals surface area contributed by atoms with Gasteiger partial charge in [-0.15, -0.1) is 0 Å². The van der Waals surface area contributed by atoms with E-state index in [1.54, 1.807) is 6.92 Å². The van der Waals surface area contributed by atoms with Crippen LogP contribution < -0.4 is 10.6 Å². The van der Waals surface area contributed by atoms with Crippen molar-refractivity contribution in [1.82, 2.24) is 9.97 Å². The second-order valence-electron chi connectivity index (χ2n) is 5.23. The molecule has 20 heavy (non-hydrogen) atoms. The van der Waals surface area contributed by atoms with Gasteiger partial charge in [-0.25, -0.2) is 9.97 Å². The molecule has 0 saturated carbocycles. The molecule has 0 aromatic carbocycles. The molecule has 1 aromatic rings. The number of anilines is 2. The van der Waals surface area contributed by atoms with Crippen LogP contribution in [-0.2, 0) is 6.42 Å². The highest BCUT2D eigenvalue weighted by atomic mass is 16.3. The lowest BCUT2D eigenvalue weighted by atomic mass is 10.0. The summed E-state index contributed by atoms with van der Waals surface area (Å²) in [5.74, 6) is 1.50. The molecule has 0 radical (unpaired) electrons. The summed E-state index contributed by atoms with van der Waals surface area (Å²) in [4.78, 5) is 8.55. The molecular weight excluding hydrogens is 256 g/mol. The van der Waals surface area contributed by atoms with E-state index in [1.165, 1.54) is 6.33 Å². The highest BCUT2D eigenvalue weighted by Crippen LogP contribution is 2.24. The van der Waals surface area contributed by atoms with Gasteiger partial charge in [0.05, 0.1) is 18.8 Å². The zero-order valence-electron chi connectivity index (χ0n) is 12.6. The van der Waals surface area contributed by atoms with E-state index in [0.29, 0.717) is 5.82 Å². The van der Waals surface area contributed by atoms with Crippen LogP contribution in [-0.4, -0.2) is 45.5 Å². The van der Waals surface area contributed by atoms with E-state index < -0.39 is 5.54 Å². The molecule has 0 atom stereocenters. The van der Waals surface area contributed by atoms with E-state index in [2.05, 4.69) is 34.4 Å². The third kappa shape index (κ3) is 4.31. The fraction of sp³-hybridized carbons (Fsp3) is 0.714. The largest absolute Gasteiger partial charge is 0.394 e. The number of nitrogens with zero attached hydrogens (tertiary/aromatic N) is 2. The Kier molecular flexibility index (Phi) is 6.67. The van der Waals surface area contributed by atoms with Crippen LogP contribution in [0, 0.1) is 0 Å². The van der Waals surface area contributed by atoms with Crippen LogP contribution in [0.2, 0.25) is 0 Å². The molecule has 0 aliphatic rings. The Morgan fingerprint density at radius 3 is 2.30 bits per heavy atom. The van der Waals surface area contributed by atoms with Gasteiger partial charge < -0.3 is 20.8 Å². The topological polar surface area (TPSA) is 90.3 Å². The van der Waals surface area contributed by atoms with E-state index in [9.17, 15) is 10.2 Å². The van der Waals surface area contributed by atoms with Crippen molar-refractivity contribution in [2.75, 3.05) is 30.4 Å². The summed E-state index contributed by atoms with van der Waals surface area (Å²) in [6.45, 7) is 6.46. The summed E-state index contributed by atoms with van der Waals surface area (Å²) >= 11 is 0. The minimum absolute atomic E-state index is 0.170.